The van der Waals surface area contributed by atoms with Gasteiger partial charge in [0.05, 0.1) is 22.7 Å². The number of carboxylic acid groups (broad SMARTS) is 1. The van der Waals surface area contributed by atoms with Gasteiger partial charge in [-0.15, -0.1) is 0 Å². The smallest absolute Gasteiger partial charge is 0.336 e. The number of carbonyl (C=O) groups excluding carboxylic acids is 4. The van der Waals surface area contributed by atoms with Crippen LogP contribution in [0, 0.1) is 10.7 Å². The monoisotopic (exact) mass is 1290 g/mol. The van der Waals surface area contributed by atoms with Gasteiger partial charge in [-0.1, -0.05) is 31.7 Å². The topological polar surface area (TPSA) is 243 Å². The van der Waals surface area contributed by atoms with E-state index in [0.29, 0.717) is 76.2 Å². The molecule has 368 valence electrons. The first-order chi connectivity index (χ1) is 33.7. The summed E-state index contributed by atoms with van der Waals surface area (Å²) in [5, 5.41) is 41.9. The number of unbranched alkanes of at least 4 members (excludes halogenated alkanes) is 6. The van der Waals surface area contributed by atoms with E-state index in [-0.39, 0.29) is 76.8 Å². The summed E-state index contributed by atoms with van der Waals surface area (Å²) in [4.78, 5) is 74.6. The van der Waals surface area contributed by atoms with Gasteiger partial charge in [-0.25, -0.2) is 4.79 Å². The summed E-state index contributed by atoms with van der Waals surface area (Å²) >= 11 is 6.43. The van der Waals surface area contributed by atoms with Crippen LogP contribution in [-0.4, -0.2) is 84.3 Å². The average molecular weight is 1290 g/mol. The van der Waals surface area contributed by atoms with E-state index in [9.17, 15) is 44.1 Å². The van der Waals surface area contributed by atoms with E-state index in [4.69, 9.17) is 13.9 Å². The minimum Gasteiger partial charge on any atom is -0.508 e. The van der Waals surface area contributed by atoms with Crippen molar-refractivity contribution in [3.05, 3.63) is 123 Å². The van der Waals surface area contributed by atoms with E-state index < -0.39 is 11.9 Å². The van der Waals surface area contributed by atoms with Gasteiger partial charge in [0.1, 0.15) is 41.8 Å². The summed E-state index contributed by atoms with van der Waals surface area (Å²) in [7, 11) is 0. The van der Waals surface area contributed by atoms with E-state index in [1.165, 1.54) is 30.3 Å². The van der Waals surface area contributed by atoms with Crippen LogP contribution in [0.4, 0.5) is 0 Å². The van der Waals surface area contributed by atoms with Crippen molar-refractivity contribution in [2.75, 3.05) is 39.4 Å². The molecule has 4 aromatic rings. The number of carbonyl (C=O) groups is 5. The van der Waals surface area contributed by atoms with Crippen molar-refractivity contribution in [2.24, 2.45) is 0 Å². The third kappa shape index (κ3) is 15.7. The number of halogens is 3. The van der Waals surface area contributed by atoms with E-state index >= 15 is 0 Å². The molecule has 0 unspecified atom stereocenters. The van der Waals surface area contributed by atoms with Crippen molar-refractivity contribution in [1.82, 2.24) is 21.3 Å². The predicted molar refractivity (Wildman–Crippen MR) is 289 cm³/mol. The molecule has 0 fully saturated rings. The SMILES string of the molecule is O=C(COCC(=O)NCCCCCCNC(=O)c1ccc(-c2c3ccc(=O)cc-3oc3cc(O)ccc23)c(C(=O)O)c1)NCCCCCCNC(=O)Cc1cc(I)c(Oc2ccc(O)c(I)c2)c(I)c1. The number of phenols is 2. The van der Waals surface area contributed by atoms with E-state index in [2.05, 4.69) is 66.4 Å². The summed E-state index contributed by atoms with van der Waals surface area (Å²) in [6.07, 6.45) is 6.53. The maximum Gasteiger partial charge on any atom is 0.336 e. The molecular weight excluding hydrogens is 1240 g/mol. The van der Waals surface area contributed by atoms with Gasteiger partial charge in [-0.2, -0.15) is 0 Å². The Morgan fingerprint density at radius 2 is 1.20 bits per heavy atom. The average Bonchev–Trinajstić information content (AvgIpc) is 3.31. The quantitative estimate of drug-likeness (QED) is 0.0162. The molecule has 4 aromatic carbocycles. The zero-order chi connectivity index (χ0) is 50.2. The van der Waals surface area contributed by atoms with Crippen LogP contribution in [0.15, 0.2) is 94.1 Å². The Bertz CT molecular complexity index is 2870. The molecule has 0 radical (unpaired) electrons. The Kier molecular flexibility index (Phi) is 20.5. The molecule has 0 aromatic heterocycles. The number of benzene rings is 5. The fraction of sp³-hybridized carbons (Fsp3) is 0.294. The standard InChI is InChI=1S/C51H51I3N4O12/c52-39-27-34(12-16-42(39)61)69-49-40(53)21-30(22-41(49)54)23-45(62)55-17-5-1-2-6-18-56-46(63)28-68-29-47(64)57-19-7-3-4-8-20-58-50(65)31-9-13-35(38(24-31)51(66)67)48-36-14-10-32(59)25-43(36)70-44-26-33(60)11-15-37(44)48/h9-16,21-22,24-27,59,61H,1-8,17-20,23,28-29H2,(H,55,62)(H,56,63)(H,57,64)(H,58,65)(H,66,67). The van der Waals surface area contributed by atoms with Crippen molar-refractivity contribution in [3.8, 4) is 45.4 Å². The first-order valence-electron chi connectivity index (χ1n) is 22.5. The lowest BCUT2D eigenvalue weighted by atomic mass is 9.90. The second kappa shape index (κ2) is 26.6. The van der Waals surface area contributed by atoms with Gasteiger partial charge >= 0.3 is 5.97 Å². The van der Waals surface area contributed by atoms with Crippen LogP contribution in [0.2, 0.25) is 0 Å². The molecule has 0 spiro atoms. The Morgan fingerprint density at radius 3 is 1.81 bits per heavy atom. The molecule has 6 rings (SSSR count). The van der Waals surface area contributed by atoms with Crippen LogP contribution in [-0.2, 0) is 25.5 Å². The molecule has 0 saturated carbocycles. The molecule has 1 aliphatic carbocycles. The molecule has 70 heavy (non-hydrogen) atoms. The second-order valence-electron chi connectivity index (χ2n) is 16.3. The van der Waals surface area contributed by atoms with Crippen molar-refractivity contribution in [3.63, 3.8) is 0 Å². The summed E-state index contributed by atoms with van der Waals surface area (Å²) in [6.45, 7) is 1.36. The van der Waals surface area contributed by atoms with Crippen LogP contribution in [0.25, 0.3) is 33.4 Å². The molecule has 0 saturated heterocycles. The number of carboxylic acids is 1. The summed E-state index contributed by atoms with van der Waals surface area (Å²) in [5.41, 5.74) is 2.19. The van der Waals surface area contributed by atoms with Crippen LogP contribution in [0.1, 0.15) is 77.6 Å². The molecule has 7 N–H and O–H groups in total. The Labute approximate surface area is 444 Å². The van der Waals surface area contributed by atoms with Crippen molar-refractivity contribution in [2.45, 2.75) is 57.8 Å². The van der Waals surface area contributed by atoms with Crippen molar-refractivity contribution in [1.29, 1.82) is 0 Å². The molecule has 2 aliphatic rings. The summed E-state index contributed by atoms with van der Waals surface area (Å²) in [5.74, 6) is -0.706. The first-order valence-corrected chi connectivity index (χ1v) is 25.8. The van der Waals surface area contributed by atoms with E-state index in [0.717, 1.165) is 51.2 Å². The number of ether oxygens (including phenoxy) is 2. The summed E-state index contributed by atoms with van der Waals surface area (Å²) < 4.78 is 19.7. The number of amides is 4. The first kappa shape index (κ1) is 53.8. The third-order valence-corrected chi connectivity index (χ3v) is 13.4. The number of hydrogen-bond donors (Lipinski definition) is 7. The molecular formula is C51H51I3N4O12. The number of aromatic carboxylic acids is 1. The molecule has 0 bridgehead atoms. The summed E-state index contributed by atoms with van der Waals surface area (Å²) in [6, 6.07) is 22.0. The van der Waals surface area contributed by atoms with Crippen LogP contribution < -0.4 is 31.4 Å². The minimum atomic E-state index is -1.25. The number of hydrogen-bond acceptors (Lipinski definition) is 11. The molecule has 1 heterocycles. The predicted octanol–water partition coefficient (Wildman–Crippen LogP) is 8.74. The molecule has 1 aliphatic heterocycles. The highest BCUT2D eigenvalue weighted by Crippen LogP contribution is 2.42. The fourth-order valence-electron chi connectivity index (χ4n) is 7.49. The zero-order valence-corrected chi connectivity index (χ0v) is 44.3. The van der Waals surface area contributed by atoms with Crippen LogP contribution >= 0.6 is 67.8 Å². The number of fused-ring (bicyclic) bond motifs is 2. The highest BCUT2D eigenvalue weighted by Gasteiger charge is 2.23. The Balaban J connectivity index is 0.777. The van der Waals surface area contributed by atoms with E-state index in [1.807, 2.05) is 34.7 Å². The molecule has 0 atom stereocenters. The van der Waals surface area contributed by atoms with Gasteiger partial charge in [-0.05, 0) is 171 Å². The normalized spacial score (nSPS) is 11.1. The van der Waals surface area contributed by atoms with E-state index in [1.54, 1.807) is 42.5 Å². The maximum atomic E-state index is 13.0. The van der Waals surface area contributed by atoms with Gasteiger partial charge in [0.15, 0.2) is 11.2 Å². The largest absolute Gasteiger partial charge is 0.508 e. The highest BCUT2D eigenvalue weighted by atomic mass is 127. The third-order valence-electron chi connectivity index (χ3n) is 10.9. The molecule has 4 amide bonds. The van der Waals surface area contributed by atoms with Crippen molar-refractivity contribution >= 4 is 108 Å². The molecule has 19 heteroatoms. The highest BCUT2D eigenvalue weighted by molar-refractivity contribution is 14.1. The van der Waals surface area contributed by atoms with Crippen LogP contribution in [0.3, 0.4) is 0 Å². The lowest BCUT2D eigenvalue weighted by molar-refractivity contribution is -0.131. The van der Waals surface area contributed by atoms with Crippen molar-refractivity contribution < 1.29 is 53.2 Å². The van der Waals surface area contributed by atoms with Gasteiger partial charge in [0, 0.05) is 60.4 Å². The minimum absolute atomic E-state index is 0.0621. The lowest BCUT2D eigenvalue weighted by Gasteiger charge is -2.17. The number of aromatic hydroxyl groups is 2. The van der Waals surface area contributed by atoms with Gasteiger partial charge in [-0.3, -0.25) is 24.0 Å². The second-order valence-corrected chi connectivity index (χ2v) is 19.8. The number of nitrogens with one attached hydrogen (secondary N) is 4. The van der Waals surface area contributed by atoms with Gasteiger partial charge < -0.3 is 50.5 Å². The zero-order valence-electron chi connectivity index (χ0n) is 37.8. The number of rotatable bonds is 25. The Morgan fingerprint density at radius 1 is 0.600 bits per heavy atom. The maximum absolute atomic E-state index is 13.0. The molecule has 16 nitrogen and oxygen atoms in total. The van der Waals surface area contributed by atoms with Gasteiger partial charge in [0.25, 0.3) is 5.91 Å². The fourth-order valence-corrected chi connectivity index (χ4v) is 10.1. The Hall–Kier alpha value is -5.53. The van der Waals surface area contributed by atoms with Crippen LogP contribution in [0.5, 0.6) is 23.0 Å². The number of phenolic OH excluding ortho intramolecular Hbond substituents is 2. The van der Waals surface area contributed by atoms with Gasteiger partial charge in [0.2, 0.25) is 17.7 Å². The lowest BCUT2D eigenvalue weighted by Crippen LogP contribution is -2.32.